The summed E-state index contributed by atoms with van der Waals surface area (Å²) in [6, 6.07) is 0. The lowest BCUT2D eigenvalue weighted by Gasteiger charge is -2.79. The van der Waals surface area contributed by atoms with Crippen molar-refractivity contribution in [2.45, 2.75) is 131 Å². The Labute approximate surface area is 198 Å². The van der Waals surface area contributed by atoms with Gasteiger partial charge in [-0.1, -0.05) is 67.7 Å². The van der Waals surface area contributed by atoms with Gasteiger partial charge in [0.1, 0.15) is 0 Å². The molecule has 0 heterocycles. The van der Waals surface area contributed by atoms with E-state index in [0.29, 0.717) is 28.6 Å². The molecule has 0 aromatic carbocycles. The maximum absolute atomic E-state index is 12.2. The van der Waals surface area contributed by atoms with Crippen molar-refractivity contribution in [3.63, 3.8) is 0 Å². The fourth-order valence-corrected chi connectivity index (χ4v) is 11.5. The third kappa shape index (κ3) is 2.84. The fourth-order valence-electron chi connectivity index (χ4n) is 11.5. The van der Waals surface area contributed by atoms with Gasteiger partial charge in [-0.05, 0) is 109 Å². The number of fused-ring (bicyclic) bond motifs is 2. The molecule has 0 amide bonds. The quantitative estimate of drug-likeness (QED) is 0.470. The minimum Gasteiger partial charge on any atom is -0.393 e. The Bertz CT molecular complexity index is 743. The van der Waals surface area contributed by atoms with Crippen LogP contribution < -0.4 is 0 Å². The molecule has 2 nitrogen and oxygen atoms in total. The van der Waals surface area contributed by atoms with Gasteiger partial charge in [0.15, 0.2) is 0 Å². The molecule has 5 aliphatic rings. The van der Waals surface area contributed by atoms with E-state index >= 15 is 0 Å². The highest BCUT2D eigenvalue weighted by Gasteiger charge is 2.79. The SMILES string of the molecule is CC(C)CCCC(C)C1CCC2(C)C3CCC4C(C)(C)C(O)CCC45CC(O)(CC12C)C35. The number of aliphatic hydroxyl groups excluding tert-OH is 1. The molecule has 32 heavy (non-hydrogen) atoms. The van der Waals surface area contributed by atoms with Crippen molar-refractivity contribution in [2.24, 2.45) is 57.2 Å². The van der Waals surface area contributed by atoms with Crippen LogP contribution in [-0.2, 0) is 0 Å². The van der Waals surface area contributed by atoms with Crippen LogP contribution in [-0.4, -0.2) is 21.9 Å². The summed E-state index contributed by atoms with van der Waals surface area (Å²) in [5, 5.41) is 23.1. The van der Waals surface area contributed by atoms with Crippen molar-refractivity contribution < 1.29 is 10.2 Å². The number of rotatable bonds is 5. The van der Waals surface area contributed by atoms with Crippen LogP contribution in [0.4, 0.5) is 0 Å². The molecule has 5 fully saturated rings. The Balaban J connectivity index is 1.43. The van der Waals surface area contributed by atoms with Crippen LogP contribution >= 0.6 is 0 Å². The predicted molar refractivity (Wildman–Crippen MR) is 132 cm³/mol. The number of aliphatic hydroxyl groups is 2. The van der Waals surface area contributed by atoms with E-state index in [1.54, 1.807) is 0 Å². The van der Waals surface area contributed by atoms with Crippen molar-refractivity contribution in [1.82, 2.24) is 0 Å². The molecule has 0 saturated heterocycles. The standard InChI is InChI=1S/C30H52O2/c1-19(2)9-8-10-20(3)21-13-15-27(6)22-11-12-23-26(4,5)24(31)14-16-29(23)18-30(32,25(22)29)17-28(21,27)7/h19-25,31-32H,8-18H2,1-7H3. The normalized spacial score (nSPS) is 54.4. The van der Waals surface area contributed by atoms with Gasteiger partial charge < -0.3 is 10.2 Å². The van der Waals surface area contributed by atoms with E-state index in [0.717, 1.165) is 43.4 Å². The van der Waals surface area contributed by atoms with E-state index in [9.17, 15) is 10.2 Å². The molecule has 5 rings (SSSR count). The summed E-state index contributed by atoms with van der Waals surface area (Å²) < 4.78 is 0. The zero-order valence-electron chi connectivity index (χ0n) is 22.2. The molecule has 0 aromatic rings. The second-order valence-corrected chi connectivity index (χ2v) is 15.1. The average molecular weight is 445 g/mol. The second kappa shape index (κ2) is 7.22. The summed E-state index contributed by atoms with van der Waals surface area (Å²) in [7, 11) is 0. The Morgan fingerprint density at radius 1 is 0.844 bits per heavy atom. The Hall–Kier alpha value is -0.0800. The van der Waals surface area contributed by atoms with Crippen molar-refractivity contribution in [3.05, 3.63) is 0 Å². The van der Waals surface area contributed by atoms with E-state index in [4.69, 9.17) is 0 Å². The van der Waals surface area contributed by atoms with Gasteiger partial charge in [0.2, 0.25) is 0 Å². The van der Waals surface area contributed by atoms with E-state index < -0.39 is 5.60 Å². The molecule has 10 unspecified atom stereocenters. The summed E-state index contributed by atoms with van der Waals surface area (Å²) in [6.45, 7) is 17.1. The van der Waals surface area contributed by atoms with Crippen LogP contribution in [0.2, 0.25) is 0 Å². The van der Waals surface area contributed by atoms with Crippen molar-refractivity contribution in [3.8, 4) is 0 Å². The lowest BCUT2D eigenvalue weighted by atomic mass is 9.27. The molecule has 2 N–H and O–H groups in total. The third-order valence-electron chi connectivity index (χ3n) is 13.1. The molecule has 0 aromatic heterocycles. The lowest BCUT2D eigenvalue weighted by molar-refractivity contribution is -0.349. The first kappa shape index (κ1) is 23.7. The van der Waals surface area contributed by atoms with Gasteiger partial charge in [-0.2, -0.15) is 0 Å². The minimum atomic E-state index is -0.448. The first-order valence-corrected chi connectivity index (χ1v) is 14.2. The fraction of sp³-hybridized carbons (Fsp3) is 1.00. The van der Waals surface area contributed by atoms with Crippen LogP contribution in [0.25, 0.3) is 0 Å². The second-order valence-electron chi connectivity index (χ2n) is 15.1. The van der Waals surface area contributed by atoms with Gasteiger partial charge in [-0.25, -0.2) is 0 Å². The van der Waals surface area contributed by atoms with E-state index in [-0.39, 0.29) is 16.9 Å². The predicted octanol–water partition coefficient (Wildman–Crippen LogP) is 7.22. The smallest absolute Gasteiger partial charge is 0.0695 e. The lowest BCUT2D eigenvalue weighted by Crippen LogP contribution is -2.77. The summed E-state index contributed by atoms with van der Waals surface area (Å²) >= 11 is 0. The van der Waals surface area contributed by atoms with Gasteiger partial charge in [0.05, 0.1) is 11.7 Å². The average Bonchev–Trinajstić information content (AvgIpc) is 2.95. The van der Waals surface area contributed by atoms with Gasteiger partial charge >= 0.3 is 0 Å². The maximum Gasteiger partial charge on any atom is 0.0695 e. The van der Waals surface area contributed by atoms with Gasteiger partial charge in [-0.3, -0.25) is 0 Å². The van der Waals surface area contributed by atoms with Gasteiger partial charge in [-0.15, -0.1) is 0 Å². The minimum absolute atomic E-state index is 0.00462. The third-order valence-corrected chi connectivity index (χ3v) is 13.1. The zero-order chi connectivity index (χ0) is 23.3. The zero-order valence-corrected chi connectivity index (χ0v) is 22.2. The highest BCUT2D eigenvalue weighted by molar-refractivity contribution is 5.28. The summed E-state index contributed by atoms with van der Waals surface area (Å²) in [6.07, 6.45) is 13.3. The topological polar surface area (TPSA) is 40.5 Å². The molecular formula is C30H52O2. The molecule has 5 aliphatic carbocycles. The number of hydrogen-bond acceptors (Lipinski definition) is 2. The molecule has 10 atom stereocenters. The first-order chi connectivity index (χ1) is 14.8. The highest BCUT2D eigenvalue weighted by Crippen LogP contribution is 2.82. The van der Waals surface area contributed by atoms with Crippen LogP contribution in [0.5, 0.6) is 0 Å². The molecular weight excluding hydrogens is 392 g/mol. The molecule has 1 spiro atoms. The van der Waals surface area contributed by atoms with Gasteiger partial charge in [0.25, 0.3) is 0 Å². The number of hydrogen-bond donors (Lipinski definition) is 2. The van der Waals surface area contributed by atoms with Crippen LogP contribution in [0, 0.1) is 57.2 Å². The Kier molecular flexibility index (Phi) is 5.34. The summed E-state index contributed by atoms with van der Waals surface area (Å²) in [4.78, 5) is 0. The molecule has 0 aliphatic heterocycles. The summed E-state index contributed by atoms with van der Waals surface area (Å²) in [5.74, 6) is 4.09. The van der Waals surface area contributed by atoms with Crippen LogP contribution in [0.1, 0.15) is 119 Å². The molecule has 0 radical (unpaired) electrons. The largest absolute Gasteiger partial charge is 0.393 e. The maximum atomic E-state index is 12.2. The molecule has 184 valence electrons. The first-order valence-electron chi connectivity index (χ1n) is 14.2. The van der Waals surface area contributed by atoms with Crippen molar-refractivity contribution in [2.75, 3.05) is 0 Å². The molecule has 5 saturated carbocycles. The molecule has 0 bridgehead atoms. The monoisotopic (exact) mass is 444 g/mol. The Morgan fingerprint density at radius 3 is 2.25 bits per heavy atom. The molecule has 2 heteroatoms. The van der Waals surface area contributed by atoms with Gasteiger partial charge in [0, 0.05) is 0 Å². The van der Waals surface area contributed by atoms with Crippen LogP contribution in [0.15, 0.2) is 0 Å². The van der Waals surface area contributed by atoms with Crippen molar-refractivity contribution in [1.29, 1.82) is 0 Å². The van der Waals surface area contributed by atoms with E-state index in [1.165, 1.54) is 44.9 Å². The summed E-state index contributed by atoms with van der Waals surface area (Å²) in [5.41, 5.74) is 0.495. The van der Waals surface area contributed by atoms with E-state index in [1.807, 2.05) is 0 Å². The highest BCUT2D eigenvalue weighted by atomic mass is 16.3. The Morgan fingerprint density at radius 2 is 1.56 bits per heavy atom. The van der Waals surface area contributed by atoms with Crippen LogP contribution in [0.3, 0.4) is 0 Å². The van der Waals surface area contributed by atoms with E-state index in [2.05, 4.69) is 48.5 Å². The van der Waals surface area contributed by atoms with Crippen molar-refractivity contribution >= 4 is 0 Å².